The number of hydrogen-bond acceptors (Lipinski definition) is 6. The van der Waals surface area contributed by atoms with Crippen LogP contribution in [-0.2, 0) is 11.2 Å². The number of aromatic nitrogens is 4. The fourth-order valence-electron chi connectivity index (χ4n) is 2.97. The van der Waals surface area contributed by atoms with E-state index >= 15 is 0 Å². The van der Waals surface area contributed by atoms with E-state index < -0.39 is 0 Å². The molecule has 0 spiro atoms. The Bertz CT molecular complexity index is 964. The van der Waals surface area contributed by atoms with E-state index in [0.717, 1.165) is 28.9 Å². The van der Waals surface area contributed by atoms with Gasteiger partial charge in [-0.25, -0.2) is 19.3 Å². The highest BCUT2D eigenvalue weighted by Crippen LogP contribution is 2.28. The van der Waals surface area contributed by atoms with Crippen LogP contribution in [-0.4, -0.2) is 44.2 Å². The first kappa shape index (κ1) is 17.7. The van der Waals surface area contributed by atoms with Crippen LogP contribution in [0.3, 0.4) is 0 Å². The van der Waals surface area contributed by atoms with Gasteiger partial charge in [0.15, 0.2) is 5.65 Å². The molecule has 3 aromatic rings. The summed E-state index contributed by atoms with van der Waals surface area (Å²) in [5.74, 6) is 1.01. The van der Waals surface area contributed by atoms with Gasteiger partial charge < -0.3 is 15.0 Å². The summed E-state index contributed by atoms with van der Waals surface area (Å²) < 4.78 is 19.1. The molecular formula is C18H18FN5O2S. The van der Waals surface area contributed by atoms with Gasteiger partial charge in [-0.1, -0.05) is 0 Å². The van der Waals surface area contributed by atoms with Crippen molar-refractivity contribution in [3.05, 3.63) is 42.2 Å². The van der Waals surface area contributed by atoms with Crippen molar-refractivity contribution < 1.29 is 13.9 Å². The first-order valence-electron chi connectivity index (χ1n) is 8.68. The van der Waals surface area contributed by atoms with Crippen LogP contribution in [0.5, 0.6) is 5.75 Å². The molecule has 1 amide bonds. The quantitative estimate of drug-likeness (QED) is 0.499. The van der Waals surface area contributed by atoms with E-state index in [-0.39, 0.29) is 17.8 Å². The van der Waals surface area contributed by atoms with Gasteiger partial charge in [0.2, 0.25) is 5.91 Å². The number of fused-ring (bicyclic) bond motifs is 2. The van der Waals surface area contributed by atoms with Crippen molar-refractivity contribution >= 4 is 28.8 Å². The van der Waals surface area contributed by atoms with Crippen molar-refractivity contribution in [2.45, 2.75) is 30.4 Å². The van der Waals surface area contributed by atoms with E-state index in [1.165, 1.54) is 30.2 Å². The van der Waals surface area contributed by atoms with Crippen LogP contribution in [0.4, 0.5) is 4.39 Å². The van der Waals surface area contributed by atoms with Gasteiger partial charge in [0.1, 0.15) is 34.5 Å². The first-order valence-corrected chi connectivity index (χ1v) is 9.66. The van der Waals surface area contributed by atoms with Gasteiger partial charge in [-0.2, -0.15) is 0 Å². The molecule has 0 bridgehead atoms. The number of rotatable bonds is 6. The summed E-state index contributed by atoms with van der Waals surface area (Å²) in [6.07, 6.45) is 4.83. The number of nitrogens with zero attached hydrogens (tertiary/aromatic N) is 3. The van der Waals surface area contributed by atoms with Gasteiger partial charge in [-0.15, -0.1) is 11.8 Å². The zero-order valence-electron chi connectivity index (χ0n) is 14.4. The number of H-pyrrole nitrogens is 1. The summed E-state index contributed by atoms with van der Waals surface area (Å²) in [7, 11) is 0. The molecule has 0 radical (unpaired) electrons. The number of nitrogens with one attached hydrogen (secondary N) is 2. The summed E-state index contributed by atoms with van der Waals surface area (Å²) in [5.41, 5.74) is 2.28. The van der Waals surface area contributed by atoms with Crippen molar-refractivity contribution in [2.75, 3.05) is 12.3 Å². The smallest absolute Gasteiger partial charge is 0.220 e. The molecule has 2 N–H and O–H groups in total. The summed E-state index contributed by atoms with van der Waals surface area (Å²) in [5, 5.41) is 3.69. The minimum Gasteiger partial charge on any atom is -0.488 e. The number of aromatic amines is 1. The molecule has 27 heavy (non-hydrogen) atoms. The zero-order chi connectivity index (χ0) is 18.6. The second kappa shape index (κ2) is 7.91. The number of amides is 1. The molecule has 0 saturated heterocycles. The van der Waals surface area contributed by atoms with Crippen molar-refractivity contribution in [2.24, 2.45) is 0 Å². The van der Waals surface area contributed by atoms with Crippen LogP contribution in [0.2, 0.25) is 0 Å². The summed E-state index contributed by atoms with van der Waals surface area (Å²) in [4.78, 5) is 27.5. The zero-order valence-corrected chi connectivity index (χ0v) is 15.3. The number of hydrogen-bond donors (Lipinski definition) is 2. The third-order valence-corrected chi connectivity index (χ3v) is 5.33. The molecule has 140 valence electrons. The molecule has 1 unspecified atom stereocenters. The maximum Gasteiger partial charge on any atom is 0.220 e. The first-order chi connectivity index (χ1) is 13.2. The lowest BCUT2D eigenvalue weighted by Gasteiger charge is -2.26. The monoisotopic (exact) mass is 387 g/mol. The second-order valence-electron chi connectivity index (χ2n) is 6.21. The Hall–Kier alpha value is -2.68. The highest BCUT2D eigenvalue weighted by Gasteiger charge is 2.20. The molecule has 1 aliphatic heterocycles. The number of ether oxygens (including phenoxy) is 1. The molecule has 0 saturated carbocycles. The van der Waals surface area contributed by atoms with Crippen molar-refractivity contribution in [3.63, 3.8) is 0 Å². The summed E-state index contributed by atoms with van der Waals surface area (Å²) in [6.45, 7) is 0.443. The Morgan fingerprint density at radius 3 is 3.22 bits per heavy atom. The van der Waals surface area contributed by atoms with Gasteiger partial charge >= 0.3 is 0 Å². The maximum absolute atomic E-state index is 13.2. The minimum atomic E-state index is -0.252. The molecule has 9 heteroatoms. The number of imidazole rings is 1. The molecule has 0 aliphatic carbocycles. The lowest BCUT2D eigenvalue weighted by molar-refractivity contribution is -0.121. The van der Waals surface area contributed by atoms with Crippen LogP contribution >= 0.6 is 11.8 Å². The SMILES string of the molecule is O=C(CCSc1ncnc2nc[nH]c12)NCC1CCc2cc(F)ccc2O1. The molecule has 1 atom stereocenters. The largest absolute Gasteiger partial charge is 0.488 e. The molecule has 0 fully saturated rings. The van der Waals surface area contributed by atoms with Gasteiger partial charge in [0.05, 0.1) is 12.9 Å². The fourth-order valence-corrected chi connectivity index (χ4v) is 3.86. The maximum atomic E-state index is 13.2. The van der Waals surface area contributed by atoms with Gasteiger partial charge in [0.25, 0.3) is 0 Å². The Balaban J connectivity index is 1.22. The molecule has 3 heterocycles. The fraction of sp³-hybridized carbons (Fsp3) is 0.333. The summed E-state index contributed by atoms with van der Waals surface area (Å²) in [6, 6.07) is 4.54. The molecular weight excluding hydrogens is 369 g/mol. The Kier molecular flexibility index (Phi) is 5.19. The lowest BCUT2D eigenvalue weighted by atomic mass is 10.0. The van der Waals surface area contributed by atoms with Crippen LogP contribution in [0.25, 0.3) is 11.2 Å². The van der Waals surface area contributed by atoms with Gasteiger partial charge in [-0.05, 0) is 36.6 Å². The van der Waals surface area contributed by atoms with Gasteiger partial charge in [0, 0.05) is 12.2 Å². The number of aryl methyl sites for hydroxylation is 1. The molecule has 2 aromatic heterocycles. The van der Waals surface area contributed by atoms with Crippen LogP contribution in [0, 0.1) is 5.82 Å². The van der Waals surface area contributed by atoms with E-state index in [4.69, 9.17) is 4.74 Å². The van der Waals surface area contributed by atoms with E-state index in [0.29, 0.717) is 30.1 Å². The third kappa shape index (κ3) is 4.19. The predicted octanol–water partition coefficient (Wildman–Crippen LogP) is 2.48. The lowest BCUT2D eigenvalue weighted by Crippen LogP contribution is -2.37. The van der Waals surface area contributed by atoms with Crippen LogP contribution < -0.4 is 10.1 Å². The number of carbonyl (C=O) groups is 1. The highest BCUT2D eigenvalue weighted by atomic mass is 32.2. The van der Waals surface area contributed by atoms with Gasteiger partial charge in [-0.3, -0.25) is 4.79 Å². The van der Waals surface area contributed by atoms with E-state index in [1.807, 2.05) is 0 Å². The van der Waals surface area contributed by atoms with E-state index in [2.05, 4.69) is 25.3 Å². The Morgan fingerprint density at radius 2 is 2.30 bits per heavy atom. The Morgan fingerprint density at radius 1 is 1.37 bits per heavy atom. The second-order valence-corrected chi connectivity index (χ2v) is 7.30. The van der Waals surface area contributed by atoms with Crippen LogP contribution in [0.15, 0.2) is 35.9 Å². The molecule has 4 rings (SSSR count). The standard InChI is InChI=1S/C18H18FN5O2S/c19-12-2-4-14-11(7-12)1-3-13(26-14)8-20-15(25)5-6-27-18-16-17(22-9-21-16)23-10-24-18/h2,4,7,9-10,13H,1,3,5-6,8H2,(H,20,25)(H,21,22,23,24). The number of thioether (sulfide) groups is 1. The van der Waals surface area contributed by atoms with E-state index in [1.54, 1.807) is 12.4 Å². The third-order valence-electron chi connectivity index (χ3n) is 4.33. The average Bonchev–Trinajstić information content (AvgIpc) is 3.16. The van der Waals surface area contributed by atoms with Crippen molar-refractivity contribution in [1.82, 2.24) is 25.3 Å². The van der Waals surface area contributed by atoms with Crippen molar-refractivity contribution in [3.8, 4) is 5.75 Å². The topological polar surface area (TPSA) is 92.8 Å². The molecule has 1 aliphatic rings. The predicted molar refractivity (Wildman–Crippen MR) is 99.2 cm³/mol. The summed E-state index contributed by atoms with van der Waals surface area (Å²) >= 11 is 1.49. The van der Waals surface area contributed by atoms with E-state index in [9.17, 15) is 9.18 Å². The van der Waals surface area contributed by atoms with Crippen molar-refractivity contribution in [1.29, 1.82) is 0 Å². The minimum absolute atomic E-state index is 0.0362. The van der Waals surface area contributed by atoms with Crippen LogP contribution in [0.1, 0.15) is 18.4 Å². The normalized spacial score (nSPS) is 16.0. The highest BCUT2D eigenvalue weighted by molar-refractivity contribution is 7.99. The number of benzene rings is 1. The number of carbonyl (C=O) groups excluding carboxylic acids is 1. The molecule has 7 nitrogen and oxygen atoms in total. The average molecular weight is 387 g/mol. The molecule has 1 aromatic carbocycles. The number of halogens is 1. The Labute approximate surface area is 159 Å².